The standard InChI is InChI=1S/C31H42O7/c1-17(15-32)18(2)28(36)27(38-20(4)34)14-25-26(37-19(3)33)13-24-23-7-6-21-12-22(35)8-9-30(21)16-31(23,30)11-10-29(24,25)5/h8-9,17,21,23-27,32H,2,6-7,10-16H2,1,3-5H3. The van der Waals surface area contributed by atoms with E-state index in [1.807, 2.05) is 6.08 Å². The maximum Gasteiger partial charge on any atom is 0.303 e. The van der Waals surface area contributed by atoms with E-state index in [1.54, 1.807) is 6.92 Å². The van der Waals surface area contributed by atoms with E-state index < -0.39 is 18.0 Å². The van der Waals surface area contributed by atoms with Crippen molar-refractivity contribution in [2.75, 3.05) is 6.61 Å². The molecule has 5 rings (SSSR count). The summed E-state index contributed by atoms with van der Waals surface area (Å²) < 4.78 is 11.5. The summed E-state index contributed by atoms with van der Waals surface area (Å²) >= 11 is 0. The number of esters is 2. The molecule has 7 heteroatoms. The second kappa shape index (κ2) is 9.42. The second-order valence-electron chi connectivity index (χ2n) is 13.2. The number of hydrogen-bond acceptors (Lipinski definition) is 7. The highest BCUT2D eigenvalue weighted by Crippen LogP contribution is 2.84. The highest BCUT2D eigenvalue weighted by Gasteiger charge is 2.78. The van der Waals surface area contributed by atoms with Crippen molar-refractivity contribution in [2.24, 2.45) is 45.8 Å². The van der Waals surface area contributed by atoms with Crippen LogP contribution in [0.25, 0.3) is 0 Å². The van der Waals surface area contributed by atoms with Gasteiger partial charge in [0.1, 0.15) is 6.10 Å². The number of allylic oxidation sites excluding steroid dienone is 2. The van der Waals surface area contributed by atoms with Gasteiger partial charge in [0.25, 0.3) is 0 Å². The van der Waals surface area contributed by atoms with Crippen molar-refractivity contribution in [1.29, 1.82) is 0 Å². The predicted molar refractivity (Wildman–Crippen MR) is 140 cm³/mol. The van der Waals surface area contributed by atoms with Gasteiger partial charge in [-0.05, 0) is 90.6 Å². The number of hydrogen-bond donors (Lipinski definition) is 1. The first-order valence-corrected chi connectivity index (χ1v) is 14.3. The molecule has 4 fully saturated rings. The van der Waals surface area contributed by atoms with Crippen LogP contribution in [-0.2, 0) is 28.7 Å². The molecule has 0 aromatic heterocycles. The lowest BCUT2D eigenvalue weighted by Gasteiger charge is -2.54. The maximum absolute atomic E-state index is 13.4. The van der Waals surface area contributed by atoms with E-state index in [2.05, 4.69) is 19.6 Å². The number of aliphatic hydroxyl groups is 1. The molecule has 10 atom stereocenters. The minimum Gasteiger partial charge on any atom is -0.462 e. The molecule has 0 bridgehead atoms. The Labute approximate surface area is 225 Å². The lowest BCUT2D eigenvalue weighted by molar-refractivity contribution is -0.158. The fourth-order valence-electron chi connectivity index (χ4n) is 9.54. The van der Waals surface area contributed by atoms with Crippen LogP contribution in [0.3, 0.4) is 0 Å². The molecule has 2 spiro atoms. The quantitative estimate of drug-likeness (QED) is 0.370. The summed E-state index contributed by atoms with van der Waals surface area (Å²) in [6.07, 6.45) is 9.60. The van der Waals surface area contributed by atoms with Crippen LogP contribution < -0.4 is 0 Å². The van der Waals surface area contributed by atoms with Gasteiger partial charge < -0.3 is 14.6 Å². The Morgan fingerprint density at radius 1 is 1.16 bits per heavy atom. The zero-order chi connectivity index (χ0) is 27.6. The average molecular weight is 527 g/mol. The van der Waals surface area contributed by atoms with Crippen molar-refractivity contribution in [1.82, 2.24) is 0 Å². The van der Waals surface area contributed by atoms with Crippen molar-refractivity contribution in [3.63, 3.8) is 0 Å². The van der Waals surface area contributed by atoms with Crippen molar-refractivity contribution in [2.45, 2.75) is 91.3 Å². The van der Waals surface area contributed by atoms with Crippen LogP contribution in [0.2, 0.25) is 0 Å². The molecule has 0 aliphatic heterocycles. The molecule has 0 radical (unpaired) electrons. The molecule has 1 N–H and O–H groups in total. The van der Waals surface area contributed by atoms with Gasteiger partial charge in [0.2, 0.25) is 0 Å². The van der Waals surface area contributed by atoms with Gasteiger partial charge in [0.15, 0.2) is 17.7 Å². The SMILES string of the molecule is C=C(C(=O)C(CC1C(OC(C)=O)CC2C3CCC4CC(=O)C=CC45CC35CCC12C)OC(C)=O)C(C)CO. The van der Waals surface area contributed by atoms with Gasteiger partial charge in [-0.15, -0.1) is 0 Å². The smallest absolute Gasteiger partial charge is 0.303 e. The highest BCUT2D eigenvalue weighted by atomic mass is 16.6. The molecule has 5 aliphatic rings. The second-order valence-corrected chi connectivity index (χ2v) is 13.2. The van der Waals surface area contributed by atoms with Gasteiger partial charge in [-0.1, -0.05) is 26.5 Å². The van der Waals surface area contributed by atoms with E-state index in [0.29, 0.717) is 24.2 Å². The molecule has 38 heavy (non-hydrogen) atoms. The highest BCUT2D eigenvalue weighted by molar-refractivity contribution is 5.99. The Morgan fingerprint density at radius 2 is 1.89 bits per heavy atom. The molecule has 0 aromatic rings. The minimum absolute atomic E-state index is 0.134. The summed E-state index contributed by atoms with van der Waals surface area (Å²) in [6.45, 7) is 10.4. The van der Waals surface area contributed by atoms with Gasteiger partial charge in [0, 0.05) is 38.7 Å². The lowest BCUT2D eigenvalue weighted by Crippen LogP contribution is -2.49. The molecule has 10 unspecified atom stereocenters. The van der Waals surface area contributed by atoms with Gasteiger partial charge in [-0.25, -0.2) is 0 Å². The first-order chi connectivity index (χ1) is 17.9. The summed E-state index contributed by atoms with van der Waals surface area (Å²) in [5, 5.41) is 9.57. The minimum atomic E-state index is -1.03. The Kier molecular flexibility index (Phi) is 6.77. The van der Waals surface area contributed by atoms with E-state index in [1.165, 1.54) is 13.8 Å². The van der Waals surface area contributed by atoms with E-state index in [9.17, 15) is 24.3 Å². The zero-order valence-electron chi connectivity index (χ0n) is 23.2. The topological polar surface area (TPSA) is 107 Å². The molecule has 0 aromatic carbocycles. The summed E-state index contributed by atoms with van der Waals surface area (Å²) in [5.41, 5.74) is 0.406. The summed E-state index contributed by atoms with van der Waals surface area (Å²) in [5.74, 6) is -0.361. The maximum atomic E-state index is 13.4. The van der Waals surface area contributed by atoms with Crippen LogP contribution in [0.1, 0.15) is 79.1 Å². The van der Waals surface area contributed by atoms with E-state index >= 15 is 0 Å². The van der Waals surface area contributed by atoms with Gasteiger partial charge >= 0.3 is 11.9 Å². The summed E-state index contributed by atoms with van der Waals surface area (Å²) in [6, 6.07) is 0. The van der Waals surface area contributed by atoms with Gasteiger partial charge in [-0.3, -0.25) is 19.2 Å². The van der Waals surface area contributed by atoms with Crippen molar-refractivity contribution >= 4 is 23.5 Å². The molecular formula is C31H42O7. The van der Waals surface area contributed by atoms with Gasteiger partial charge in [-0.2, -0.15) is 0 Å². The molecular weight excluding hydrogens is 484 g/mol. The number of rotatable bonds is 8. The largest absolute Gasteiger partial charge is 0.462 e. The summed E-state index contributed by atoms with van der Waals surface area (Å²) in [4.78, 5) is 49.8. The molecule has 0 saturated heterocycles. The van der Waals surface area contributed by atoms with Crippen molar-refractivity contribution in [3.8, 4) is 0 Å². The number of ketones is 2. The van der Waals surface area contributed by atoms with Crippen LogP contribution in [0, 0.1) is 45.8 Å². The van der Waals surface area contributed by atoms with Crippen molar-refractivity contribution < 1.29 is 33.8 Å². The van der Waals surface area contributed by atoms with Crippen LogP contribution in [0.4, 0.5) is 0 Å². The number of fused-ring (bicyclic) bond motifs is 2. The van der Waals surface area contributed by atoms with Crippen molar-refractivity contribution in [3.05, 3.63) is 24.3 Å². The normalized spacial score (nSPS) is 42.0. The van der Waals surface area contributed by atoms with Crippen LogP contribution >= 0.6 is 0 Å². The third-order valence-electron chi connectivity index (χ3n) is 11.5. The van der Waals surface area contributed by atoms with Crippen LogP contribution in [0.5, 0.6) is 0 Å². The number of carbonyl (C=O) groups is 4. The average Bonchev–Trinajstić information content (AvgIpc) is 3.46. The molecule has 0 amide bonds. The number of carbonyl (C=O) groups excluding carboxylic acids is 4. The Bertz CT molecular complexity index is 1090. The third kappa shape index (κ3) is 4.02. The fraction of sp³-hybridized carbons (Fsp3) is 0.742. The van der Waals surface area contributed by atoms with Crippen LogP contribution in [0.15, 0.2) is 24.3 Å². The fourth-order valence-corrected chi connectivity index (χ4v) is 9.54. The number of aliphatic hydroxyl groups excluding tert-OH is 1. The molecule has 0 heterocycles. The third-order valence-corrected chi connectivity index (χ3v) is 11.5. The number of ether oxygens (including phenoxy) is 2. The monoisotopic (exact) mass is 526 g/mol. The van der Waals surface area contributed by atoms with Crippen LogP contribution in [-0.4, -0.2) is 47.4 Å². The van der Waals surface area contributed by atoms with E-state index in [0.717, 1.165) is 38.5 Å². The Balaban J connectivity index is 1.45. The molecule has 7 nitrogen and oxygen atoms in total. The molecule has 5 aliphatic carbocycles. The summed E-state index contributed by atoms with van der Waals surface area (Å²) in [7, 11) is 0. The van der Waals surface area contributed by atoms with E-state index in [-0.39, 0.29) is 64.4 Å². The van der Waals surface area contributed by atoms with Gasteiger partial charge in [0.05, 0.1) is 0 Å². The number of Topliss-reactive ketones (excluding diaryl/α,β-unsaturated/α-hetero) is 1. The Morgan fingerprint density at radius 3 is 2.55 bits per heavy atom. The molecule has 208 valence electrons. The molecule has 4 saturated carbocycles. The zero-order valence-corrected chi connectivity index (χ0v) is 23.2. The first kappa shape index (κ1) is 27.3. The predicted octanol–water partition coefficient (Wildman–Crippen LogP) is 4.36. The Hall–Kier alpha value is -2.28. The first-order valence-electron chi connectivity index (χ1n) is 14.3. The lowest BCUT2D eigenvalue weighted by atomic mass is 9.50. The van der Waals surface area contributed by atoms with E-state index in [4.69, 9.17) is 9.47 Å².